The summed E-state index contributed by atoms with van der Waals surface area (Å²) in [4.78, 5) is 4.54. The fourth-order valence-corrected chi connectivity index (χ4v) is 4.01. The van der Waals surface area contributed by atoms with Gasteiger partial charge in [0.05, 0.1) is 5.60 Å². The lowest BCUT2D eigenvalue weighted by atomic mass is 9.96. The van der Waals surface area contributed by atoms with E-state index in [2.05, 4.69) is 60.0 Å². The Bertz CT molecular complexity index is 822. The van der Waals surface area contributed by atoms with Crippen LogP contribution in [0.25, 0.3) is 0 Å². The predicted molar refractivity (Wildman–Crippen MR) is 126 cm³/mol. The van der Waals surface area contributed by atoms with Crippen LogP contribution in [0.3, 0.4) is 0 Å². The van der Waals surface area contributed by atoms with E-state index in [9.17, 15) is 5.11 Å². The highest BCUT2D eigenvalue weighted by Crippen LogP contribution is 2.26. The number of nitrogens with zero attached hydrogens (tertiary/aromatic N) is 2. The Balaban J connectivity index is 1.47. The molecule has 31 heavy (non-hydrogen) atoms. The van der Waals surface area contributed by atoms with Gasteiger partial charge in [0.2, 0.25) is 0 Å². The van der Waals surface area contributed by atoms with Gasteiger partial charge in [0.15, 0.2) is 0 Å². The minimum absolute atomic E-state index is 0.351. The van der Waals surface area contributed by atoms with Crippen LogP contribution in [0, 0.1) is 13.8 Å². The number of aryl methyl sites for hydroxylation is 2. The summed E-state index contributed by atoms with van der Waals surface area (Å²) in [6.45, 7) is 8.85. The van der Waals surface area contributed by atoms with Crippen LogP contribution in [0.15, 0.2) is 42.5 Å². The smallest absolute Gasteiger partial charge is 0.122 e. The van der Waals surface area contributed by atoms with E-state index in [1.165, 1.54) is 11.1 Å². The van der Waals surface area contributed by atoms with Crippen molar-refractivity contribution in [1.82, 2.24) is 9.80 Å². The van der Waals surface area contributed by atoms with Crippen molar-refractivity contribution in [3.05, 3.63) is 59.2 Å². The average molecular weight is 427 g/mol. The topological polar surface area (TPSA) is 45.2 Å². The Kier molecular flexibility index (Phi) is 8.35. The third-order valence-corrected chi connectivity index (χ3v) is 5.97. The van der Waals surface area contributed by atoms with Crippen LogP contribution in [-0.4, -0.2) is 67.5 Å². The molecule has 5 heteroatoms. The lowest BCUT2D eigenvalue weighted by molar-refractivity contribution is -0.0170. The summed E-state index contributed by atoms with van der Waals surface area (Å²) in [6.07, 6.45) is 2.47. The monoisotopic (exact) mass is 426 g/mol. The normalized spacial score (nSPS) is 19.9. The van der Waals surface area contributed by atoms with Gasteiger partial charge >= 0.3 is 0 Å². The van der Waals surface area contributed by atoms with E-state index in [1.807, 2.05) is 20.2 Å². The molecule has 0 saturated carbocycles. The summed E-state index contributed by atoms with van der Waals surface area (Å²) >= 11 is 0. The highest BCUT2D eigenvalue weighted by atomic mass is 16.5. The molecule has 0 spiro atoms. The quantitative estimate of drug-likeness (QED) is 0.656. The molecule has 0 bridgehead atoms. The summed E-state index contributed by atoms with van der Waals surface area (Å²) in [5.41, 5.74) is 2.85. The molecule has 2 aromatic carbocycles. The first-order chi connectivity index (χ1) is 14.8. The summed E-state index contributed by atoms with van der Waals surface area (Å²) in [6, 6.07) is 14.6. The number of likely N-dealkylation sites (tertiary alicyclic amines) is 1. The third-order valence-electron chi connectivity index (χ3n) is 5.97. The van der Waals surface area contributed by atoms with Gasteiger partial charge in [-0.05, 0) is 83.1 Å². The van der Waals surface area contributed by atoms with Gasteiger partial charge in [-0.3, -0.25) is 4.90 Å². The van der Waals surface area contributed by atoms with Crippen LogP contribution >= 0.6 is 0 Å². The molecular weight excluding hydrogens is 388 g/mol. The van der Waals surface area contributed by atoms with E-state index >= 15 is 0 Å². The standard InChI is InChI=1S/C26H38N2O3/c1-21-6-11-25(22(2)18-21)31-20-26(29)12-5-14-28(15-13-26)19-23-7-9-24(10-8-23)30-17-16-27(3)4/h6-11,18,29H,5,12-17,19-20H2,1-4H3. The molecule has 1 atom stereocenters. The largest absolute Gasteiger partial charge is 0.492 e. The van der Waals surface area contributed by atoms with Crippen molar-refractivity contribution in [1.29, 1.82) is 0 Å². The Morgan fingerprint density at radius 3 is 2.48 bits per heavy atom. The van der Waals surface area contributed by atoms with Gasteiger partial charge in [-0.1, -0.05) is 29.8 Å². The van der Waals surface area contributed by atoms with E-state index in [-0.39, 0.29) is 0 Å². The summed E-state index contributed by atoms with van der Waals surface area (Å²) in [7, 11) is 4.09. The molecular formula is C26H38N2O3. The van der Waals surface area contributed by atoms with Crippen LogP contribution in [0.4, 0.5) is 0 Å². The van der Waals surface area contributed by atoms with Crippen molar-refractivity contribution in [3.63, 3.8) is 0 Å². The Hall–Kier alpha value is -2.08. The van der Waals surface area contributed by atoms with Crippen LogP contribution in [0.1, 0.15) is 36.0 Å². The maximum absolute atomic E-state index is 11.1. The van der Waals surface area contributed by atoms with Crippen LogP contribution < -0.4 is 9.47 Å². The van der Waals surface area contributed by atoms with Gasteiger partial charge in [0.25, 0.3) is 0 Å². The summed E-state index contributed by atoms with van der Waals surface area (Å²) in [5.74, 6) is 1.78. The first-order valence-corrected chi connectivity index (χ1v) is 11.3. The fraction of sp³-hybridized carbons (Fsp3) is 0.538. The van der Waals surface area contributed by atoms with Crippen molar-refractivity contribution in [3.8, 4) is 11.5 Å². The molecule has 1 aliphatic rings. The van der Waals surface area contributed by atoms with Gasteiger partial charge in [-0.2, -0.15) is 0 Å². The SMILES string of the molecule is Cc1ccc(OCC2(O)CCCN(Cc3ccc(OCCN(C)C)cc3)CC2)c(C)c1. The van der Waals surface area contributed by atoms with E-state index in [1.54, 1.807) is 0 Å². The van der Waals surface area contributed by atoms with E-state index in [0.717, 1.165) is 62.5 Å². The number of likely N-dealkylation sites (N-methyl/N-ethyl adjacent to an activating group) is 1. The molecule has 1 saturated heterocycles. The van der Waals surface area contributed by atoms with E-state index < -0.39 is 5.60 Å². The second-order valence-corrected chi connectivity index (χ2v) is 9.21. The van der Waals surface area contributed by atoms with Gasteiger partial charge < -0.3 is 19.5 Å². The van der Waals surface area contributed by atoms with E-state index in [4.69, 9.17) is 9.47 Å². The second kappa shape index (κ2) is 11.0. The van der Waals surface area contributed by atoms with Crippen molar-refractivity contribution >= 4 is 0 Å². The molecule has 1 heterocycles. The molecule has 1 aliphatic heterocycles. The van der Waals surface area contributed by atoms with Crippen LogP contribution in [0.2, 0.25) is 0 Å². The molecule has 0 radical (unpaired) electrons. The molecule has 1 fully saturated rings. The lowest BCUT2D eigenvalue weighted by Crippen LogP contribution is -2.37. The number of hydrogen-bond acceptors (Lipinski definition) is 5. The molecule has 0 aromatic heterocycles. The van der Waals surface area contributed by atoms with Gasteiger partial charge in [-0.25, -0.2) is 0 Å². The number of hydrogen-bond donors (Lipinski definition) is 1. The first kappa shape index (κ1) is 23.6. The van der Waals surface area contributed by atoms with Crippen molar-refractivity contribution < 1.29 is 14.6 Å². The van der Waals surface area contributed by atoms with Gasteiger partial charge in [0.1, 0.15) is 24.7 Å². The maximum atomic E-state index is 11.1. The third kappa shape index (κ3) is 7.53. The lowest BCUT2D eigenvalue weighted by Gasteiger charge is -2.27. The number of benzene rings is 2. The molecule has 2 aromatic rings. The van der Waals surface area contributed by atoms with Crippen LogP contribution in [0.5, 0.6) is 11.5 Å². The molecule has 0 amide bonds. The fourth-order valence-electron chi connectivity index (χ4n) is 4.01. The predicted octanol–water partition coefficient (Wildman–Crippen LogP) is 4.04. The summed E-state index contributed by atoms with van der Waals surface area (Å²) < 4.78 is 11.8. The Labute approximate surface area is 187 Å². The van der Waals surface area contributed by atoms with Crippen molar-refractivity contribution in [2.24, 2.45) is 0 Å². The first-order valence-electron chi connectivity index (χ1n) is 11.3. The van der Waals surface area contributed by atoms with Crippen molar-refractivity contribution in [2.75, 3.05) is 46.9 Å². The maximum Gasteiger partial charge on any atom is 0.122 e. The minimum atomic E-state index is -0.768. The second-order valence-electron chi connectivity index (χ2n) is 9.21. The van der Waals surface area contributed by atoms with Crippen LogP contribution in [-0.2, 0) is 6.54 Å². The molecule has 5 nitrogen and oxygen atoms in total. The Morgan fingerprint density at radius 1 is 1.00 bits per heavy atom. The number of ether oxygens (including phenoxy) is 2. The Morgan fingerprint density at radius 2 is 1.77 bits per heavy atom. The number of aliphatic hydroxyl groups is 1. The zero-order chi connectivity index (χ0) is 22.3. The van der Waals surface area contributed by atoms with Gasteiger partial charge in [0, 0.05) is 19.6 Å². The zero-order valence-electron chi connectivity index (χ0n) is 19.6. The highest BCUT2D eigenvalue weighted by molar-refractivity contribution is 5.35. The van der Waals surface area contributed by atoms with Gasteiger partial charge in [-0.15, -0.1) is 0 Å². The summed E-state index contributed by atoms with van der Waals surface area (Å²) in [5, 5.41) is 11.1. The van der Waals surface area contributed by atoms with Crippen molar-refractivity contribution in [2.45, 2.75) is 45.3 Å². The molecule has 3 rings (SSSR count). The molecule has 0 aliphatic carbocycles. The zero-order valence-corrected chi connectivity index (χ0v) is 19.6. The van der Waals surface area contributed by atoms with E-state index in [0.29, 0.717) is 13.2 Å². The number of rotatable bonds is 9. The average Bonchev–Trinajstić information content (AvgIpc) is 2.90. The minimum Gasteiger partial charge on any atom is -0.492 e. The molecule has 1 N–H and O–H groups in total. The highest BCUT2D eigenvalue weighted by Gasteiger charge is 2.31. The molecule has 1 unspecified atom stereocenters. The molecule has 170 valence electrons.